The van der Waals surface area contributed by atoms with Gasteiger partial charge in [-0.2, -0.15) is 0 Å². The van der Waals surface area contributed by atoms with Gasteiger partial charge in [0.1, 0.15) is 25.1 Å². The van der Waals surface area contributed by atoms with E-state index in [1.807, 2.05) is 0 Å². The van der Waals surface area contributed by atoms with Crippen LogP contribution in [0, 0.1) is 0 Å². The van der Waals surface area contributed by atoms with Gasteiger partial charge in [0.25, 0.3) is 0 Å². The van der Waals surface area contributed by atoms with Gasteiger partial charge in [-0.25, -0.2) is 4.79 Å². The van der Waals surface area contributed by atoms with Crippen molar-refractivity contribution in [2.45, 2.75) is 12.7 Å². The second kappa shape index (κ2) is 8.95. The molecule has 0 aliphatic heterocycles. The summed E-state index contributed by atoms with van der Waals surface area (Å²) in [5.74, 6) is 1.01. The summed E-state index contributed by atoms with van der Waals surface area (Å²) in [5.41, 5.74) is 0.351. The lowest BCUT2D eigenvalue weighted by molar-refractivity contribution is 0.000500. The average Bonchev–Trinajstić information content (AvgIpc) is 3.12. The van der Waals surface area contributed by atoms with E-state index in [-0.39, 0.29) is 19.8 Å². The SMILES string of the molecule is COC(=O)c1ccc(OCC(O)COCc2ccco2)c(OC)c1. The van der Waals surface area contributed by atoms with E-state index in [0.717, 1.165) is 0 Å². The molecule has 0 saturated heterocycles. The molecule has 2 aromatic rings. The van der Waals surface area contributed by atoms with Crippen molar-refractivity contribution in [2.24, 2.45) is 0 Å². The maximum absolute atomic E-state index is 11.5. The van der Waals surface area contributed by atoms with Gasteiger partial charge in [0, 0.05) is 0 Å². The zero-order valence-corrected chi connectivity index (χ0v) is 13.6. The number of hydrogen-bond donors (Lipinski definition) is 1. The van der Waals surface area contributed by atoms with Gasteiger partial charge in [-0.15, -0.1) is 0 Å². The molecule has 7 nitrogen and oxygen atoms in total. The number of esters is 1. The highest BCUT2D eigenvalue weighted by atomic mass is 16.5. The first-order valence-corrected chi connectivity index (χ1v) is 7.31. The molecule has 0 spiro atoms. The molecule has 1 aromatic heterocycles. The molecular weight excluding hydrogens is 316 g/mol. The molecule has 0 fully saturated rings. The Morgan fingerprint density at radius 3 is 2.71 bits per heavy atom. The Hall–Kier alpha value is -2.51. The van der Waals surface area contributed by atoms with Gasteiger partial charge in [0.15, 0.2) is 11.5 Å². The van der Waals surface area contributed by atoms with Gasteiger partial charge >= 0.3 is 5.97 Å². The van der Waals surface area contributed by atoms with Crippen LogP contribution in [0.4, 0.5) is 0 Å². The number of hydrogen-bond acceptors (Lipinski definition) is 7. The molecule has 0 amide bonds. The number of rotatable bonds is 9. The van der Waals surface area contributed by atoms with Gasteiger partial charge < -0.3 is 28.5 Å². The predicted molar refractivity (Wildman–Crippen MR) is 84.2 cm³/mol. The third-order valence-corrected chi connectivity index (χ3v) is 3.15. The van der Waals surface area contributed by atoms with Crippen LogP contribution in [0.15, 0.2) is 41.0 Å². The Kier molecular flexibility index (Phi) is 6.65. The summed E-state index contributed by atoms with van der Waals surface area (Å²) >= 11 is 0. The maximum atomic E-state index is 11.5. The number of ether oxygens (including phenoxy) is 4. The third kappa shape index (κ3) is 5.00. The zero-order valence-electron chi connectivity index (χ0n) is 13.6. The molecule has 1 heterocycles. The smallest absolute Gasteiger partial charge is 0.337 e. The normalized spacial score (nSPS) is 11.8. The Balaban J connectivity index is 1.83. The number of carbonyl (C=O) groups is 1. The van der Waals surface area contributed by atoms with Crippen LogP contribution in [0.2, 0.25) is 0 Å². The molecule has 0 aliphatic rings. The second-order valence-corrected chi connectivity index (χ2v) is 4.92. The van der Waals surface area contributed by atoms with E-state index in [0.29, 0.717) is 22.8 Å². The predicted octanol–water partition coefficient (Wildman–Crippen LogP) is 2.03. The van der Waals surface area contributed by atoms with Crippen LogP contribution in [0.1, 0.15) is 16.1 Å². The summed E-state index contributed by atoms with van der Waals surface area (Å²) in [6.07, 6.45) is 0.743. The largest absolute Gasteiger partial charge is 0.493 e. The van der Waals surface area contributed by atoms with Crippen molar-refractivity contribution in [3.05, 3.63) is 47.9 Å². The van der Waals surface area contributed by atoms with Gasteiger partial charge in [-0.1, -0.05) is 0 Å². The minimum Gasteiger partial charge on any atom is -0.493 e. The van der Waals surface area contributed by atoms with Crippen molar-refractivity contribution in [3.8, 4) is 11.5 Å². The van der Waals surface area contributed by atoms with Gasteiger partial charge in [-0.05, 0) is 30.3 Å². The summed E-state index contributed by atoms with van der Waals surface area (Å²) in [4.78, 5) is 11.5. The molecule has 24 heavy (non-hydrogen) atoms. The van der Waals surface area contributed by atoms with Crippen LogP contribution in [-0.4, -0.2) is 44.6 Å². The third-order valence-electron chi connectivity index (χ3n) is 3.15. The molecule has 1 atom stereocenters. The quantitative estimate of drug-likeness (QED) is 0.701. The standard InChI is InChI=1S/C17H20O7/c1-20-16-8-12(17(19)21-2)5-6-15(16)24-10-13(18)9-22-11-14-4-3-7-23-14/h3-8,13,18H,9-11H2,1-2H3. The molecular formula is C17H20O7. The number of aliphatic hydroxyl groups excluding tert-OH is 1. The Morgan fingerprint density at radius 2 is 2.04 bits per heavy atom. The lowest BCUT2D eigenvalue weighted by Crippen LogP contribution is -2.23. The minimum atomic E-state index is -0.815. The maximum Gasteiger partial charge on any atom is 0.337 e. The van der Waals surface area contributed by atoms with Crippen molar-refractivity contribution in [2.75, 3.05) is 27.4 Å². The Morgan fingerprint density at radius 1 is 1.21 bits per heavy atom. The van der Waals surface area contributed by atoms with Crippen LogP contribution < -0.4 is 9.47 Å². The lowest BCUT2D eigenvalue weighted by atomic mass is 10.2. The fourth-order valence-corrected chi connectivity index (χ4v) is 1.96. The fraction of sp³-hybridized carbons (Fsp3) is 0.353. The number of methoxy groups -OCH3 is 2. The van der Waals surface area contributed by atoms with Crippen LogP contribution in [0.5, 0.6) is 11.5 Å². The number of aliphatic hydroxyl groups is 1. The summed E-state index contributed by atoms with van der Waals surface area (Å²) in [5, 5.41) is 9.89. The van der Waals surface area contributed by atoms with E-state index in [9.17, 15) is 9.90 Å². The Labute approximate surface area is 139 Å². The van der Waals surface area contributed by atoms with E-state index in [1.54, 1.807) is 30.5 Å². The molecule has 2 rings (SSSR count). The van der Waals surface area contributed by atoms with E-state index < -0.39 is 12.1 Å². The van der Waals surface area contributed by atoms with Crippen LogP contribution in [0.25, 0.3) is 0 Å². The van der Waals surface area contributed by atoms with Crippen molar-refractivity contribution in [3.63, 3.8) is 0 Å². The molecule has 130 valence electrons. The first-order valence-electron chi connectivity index (χ1n) is 7.31. The van der Waals surface area contributed by atoms with Crippen molar-refractivity contribution in [1.82, 2.24) is 0 Å². The summed E-state index contributed by atoms with van der Waals surface area (Å²) in [6.45, 7) is 0.399. The number of benzene rings is 1. The second-order valence-electron chi connectivity index (χ2n) is 4.92. The first-order chi connectivity index (χ1) is 11.6. The monoisotopic (exact) mass is 336 g/mol. The lowest BCUT2D eigenvalue weighted by Gasteiger charge is -2.15. The molecule has 1 aromatic carbocycles. The molecule has 0 bridgehead atoms. The highest BCUT2D eigenvalue weighted by Crippen LogP contribution is 2.28. The van der Waals surface area contributed by atoms with Crippen molar-refractivity contribution < 1.29 is 33.3 Å². The van der Waals surface area contributed by atoms with E-state index in [1.165, 1.54) is 20.3 Å². The number of furan rings is 1. The van der Waals surface area contributed by atoms with Gasteiger partial charge in [-0.3, -0.25) is 0 Å². The van der Waals surface area contributed by atoms with Crippen molar-refractivity contribution >= 4 is 5.97 Å². The highest BCUT2D eigenvalue weighted by Gasteiger charge is 2.13. The minimum absolute atomic E-state index is 0.0199. The average molecular weight is 336 g/mol. The summed E-state index contributed by atoms with van der Waals surface area (Å²) in [7, 11) is 2.77. The van der Waals surface area contributed by atoms with Gasteiger partial charge in [0.05, 0.1) is 32.7 Å². The molecule has 0 radical (unpaired) electrons. The van der Waals surface area contributed by atoms with E-state index >= 15 is 0 Å². The Bertz CT molecular complexity index is 636. The molecule has 0 saturated carbocycles. The molecule has 1 N–H and O–H groups in total. The van der Waals surface area contributed by atoms with Crippen LogP contribution in [0.3, 0.4) is 0 Å². The fourth-order valence-electron chi connectivity index (χ4n) is 1.96. The zero-order chi connectivity index (χ0) is 17.4. The topological polar surface area (TPSA) is 87.4 Å². The van der Waals surface area contributed by atoms with E-state index in [4.69, 9.17) is 18.6 Å². The first kappa shape index (κ1) is 17.8. The van der Waals surface area contributed by atoms with Crippen molar-refractivity contribution in [1.29, 1.82) is 0 Å². The van der Waals surface area contributed by atoms with E-state index in [2.05, 4.69) is 4.74 Å². The molecule has 1 unspecified atom stereocenters. The highest BCUT2D eigenvalue weighted by molar-refractivity contribution is 5.90. The van der Waals surface area contributed by atoms with Gasteiger partial charge in [0.2, 0.25) is 0 Å². The summed E-state index contributed by atoms with van der Waals surface area (Å²) in [6, 6.07) is 8.21. The summed E-state index contributed by atoms with van der Waals surface area (Å²) < 4.78 is 25.8. The molecule has 0 aliphatic carbocycles. The van der Waals surface area contributed by atoms with Crippen LogP contribution >= 0.6 is 0 Å². The molecule has 7 heteroatoms. The van der Waals surface area contributed by atoms with Crippen LogP contribution in [-0.2, 0) is 16.1 Å². The number of carbonyl (C=O) groups excluding carboxylic acids is 1.